The molecule has 0 saturated carbocycles. The van der Waals surface area contributed by atoms with E-state index < -0.39 is 0 Å². The lowest BCUT2D eigenvalue weighted by atomic mass is 10.1. The maximum absolute atomic E-state index is 12.2. The Morgan fingerprint density at radius 2 is 2.38 bits per heavy atom. The van der Waals surface area contributed by atoms with E-state index in [0.717, 1.165) is 31.7 Å². The molecule has 1 aromatic heterocycles. The molecule has 0 aromatic carbocycles. The third kappa shape index (κ3) is 3.44. The summed E-state index contributed by atoms with van der Waals surface area (Å²) in [6, 6.07) is 2.08. The van der Waals surface area contributed by atoms with Crippen molar-refractivity contribution in [3.63, 3.8) is 0 Å². The van der Waals surface area contributed by atoms with E-state index in [9.17, 15) is 4.79 Å². The fourth-order valence-electron chi connectivity index (χ4n) is 3.09. The Bertz CT molecular complexity index is 549. The fourth-order valence-corrected chi connectivity index (χ4v) is 3.09. The highest BCUT2D eigenvalue weighted by atomic mass is 16.5. The Balaban J connectivity index is 1.73. The number of ether oxygens (including phenoxy) is 1. The molecule has 21 heavy (non-hydrogen) atoms. The Kier molecular flexibility index (Phi) is 3.99. The number of aromatic nitrogens is 2. The zero-order valence-corrected chi connectivity index (χ0v) is 12.8. The third-order valence-corrected chi connectivity index (χ3v) is 4.20. The van der Waals surface area contributed by atoms with E-state index in [1.165, 1.54) is 6.42 Å². The van der Waals surface area contributed by atoms with E-state index in [2.05, 4.69) is 29.2 Å². The van der Waals surface area contributed by atoms with Crippen LogP contribution in [0.3, 0.4) is 0 Å². The molecule has 6 heteroatoms. The fraction of sp³-hybridized carbons (Fsp3) is 0.733. The molecule has 6 nitrogen and oxygen atoms in total. The van der Waals surface area contributed by atoms with Crippen molar-refractivity contribution in [3.8, 4) is 0 Å². The number of morpholine rings is 1. The number of nitrogens with one attached hydrogen (secondary N) is 1. The molecule has 116 valence electrons. The molecular formula is C15H24N4O2. The van der Waals surface area contributed by atoms with Crippen LogP contribution in [-0.2, 0) is 11.3 Å². The van der Waals surface area contributed by atoms with Gasteiger partial charge in [-0.15, -0.1) is 0 Å². The van der Waals surface area contributed by atoms with Gasteiger partial charge in [-0.05, 0) is 33.2 Å². The topological polar surface area (TPSA) is 59.4 Å². The molecule has 3 heterocycles. The lowest BCUT2D eigenvalue weighted by molar-refractivity contribution is -0.0277. The summed E-state index contributed by atoms with van der Waals surface area (Å²) < 4.78 is 7.27. The number of anilines is 1. The monoisotopic (exact) mass is 292 g/mol. The molecule has 1 atom stereocenters. The van der Waals surface area contributed by atoms with Crippen LogP contribution in [0.1, 0.15) is 26.7 Å². The average molecular weight is 292 g/mol. The van der Waals surface area contributed by atoms with Gasteiger partial charge in [0.2, 0.25) is 0 Å². The summed E-state index contributed by atoms with van der Waals surface area (Å²) in [5, 5.41) is 7.74. The molecule has 0 amide bonds. The standard InChI is InChI=1S/C15H24N4O2/c1-15(2)11-18(6-7-21-15)13-8-14(20)19(17-9-13)10-12-4-3-5-16-12/h8-9,12,16H,3-7,10-11H2,1-2H3/t12-/m0/s1. The molecule has 1 aromatic rings. The summed E-state index contributed by atoms with van der Waals surface area (Å²) in [4.78, 5) is 14.4. The van der Waals surface area contributed by atoms with Crippen molar-refractivity contribution in [1.82, 2.24) is 15.1 Å². The van der Waals surface area contributed by atoms with Gasteiger partial charge in [0.1, 0.15) is 0 Å². The summed E-state index contributed by atoms with van der Waals surface area (Å²) in [6.45, 7) is 8.11. The molecule has 2 fully saturated rings. The number of hydrogen-bond acceptors (Lipinski definition) is 5. The van der Waals surface area contributed by atoms with E-state index in [-0.39, 0.29) is 11.2 Å². The minimum absolute atomic E-state index is 0.0227. The van der Waals surface area contributed by atoms with Gasteiger partial charge < -0.3 is 15.0 Å². The minimum Gasteiger partial charge on any atom is -0.372 e. The van der Waals surface area contributed by atoms with Crippen molar-refractivity contribution in [2.45, 2.75) is 44.9 Å². The molecule has 3 rings (SSSR count). The van der Waals surface area contributed by atoms with Gasteiger partial charge in [0.15, 0.2) is 0 Å². The van der Waals surface area contributed by atoms with E-state index in [4.69, 9.17) is 4.74 Å². The summed E-state index contributed by atoms with van der Waals surface area (Å²) in [7, 11) is 0. The quantitative estimate of drug-likeness (QED) is 0.884. The molecule has 0 radical (unpaired) electrons. The molecule has 0 bridgehead atoms. The molecule has 2 aliphatic rings. The van der Waals surface area contributed by atoms with Crippen molar-refractivity contribution >= 4 is 5.69 Å². The van der Waals surface area contributed by atoms with Crippen LogP contribution >= 0.6 is 0 Å². The number of rotatable bonds is 3. The molecular weight excluding hydrogens is 268 g/mol. The highest BCUT2D eigenvalue weighted by Crippen LogP contribution is 2.21. The Hall–Kier alpha value is -1.40. The van der Waals surface area contributed by atoms with E-state index in [1.807, 2.05) is 0 Å². The van der Waals surface area contributed by atoms with Gasteiger partial charge in [0.25, 0.3) is 5.56 Å². The first-order chi connectivity index (χ1) is 10.0. The van der Waals surface area contributed by atoms with Crippen molar-refractivity contribution in [2.24, 2.45) is 0 Å². The van der Waals surface area contributed by atoms with Gasteiger partial charge in [-0.1, -0.05) is 0 Å². The van der Waals surface area contributed by atoms with Crippen LogP contribution in [0.2, 0.25) is 0 Å². The highest BCUT2D eigenvalue weighted by Gasteiger charge is 2.27. The number of nitrogens with zero attached hydrogens (tertiary/aromatic N) is 3. The smallest absolute Gasteiger partial charge is 0.268 e. The second-order valence-corrected chi connectivity index (χ2v) is 6.56. The van der Waals surface area contributed by atoms with Gasteiger partial charge in [0, 0.05) is 25.2 Å². The van der Waals surface area contributed by atoms with E-state index in [0.29, 0.717) is 19.2 Å². The first kappa shape index (κ1) is 14.5. The molecule has 2 aliphatic heterocycles. The maximum Gasteiger partial charge on any atom is 0.268 e. The normalized spacial score (nSPS) is 25.2. The van der Waals surface area contributed by atoms with E-state index >= 15 is 0 Å². The summed E-state index contributed by atoms with van der Waals surface area (Å²) in [6.07, 6.45) is 4.10. The van der Waals surface area contributed by atoms with Crippen LogP contribution < -0.4 is 15.8 Å². The zero-order valence-electron chi connectivity index (χ0n) is 12.8. The van der Waals surface area contributed by atoms with Gasteiger partial charge in [0.05, 0.1) is 30.6 Å². The van der Waals surface area contributed by atoms with Crippen LogP contribution in [0.5, 0.6) is 0 Å². The van der Waals surface area contributed by atoms with Crippen LogP contribution in [0.25, 0.3) is 0 Å². The Labute approximate surface area is 125 Å². The van der Waals surface area contributed by atoms with Crippen molar-refractivity contribution in [3.05, 3.63) is 22.6 Å². The Morgan fingerprint density at radius 3 is 3.05 bits per heavy atom. The molecule has 0 spiro atoms. The zero-order chi connectivity index (χ0) is 14.9. The number of hydrogen-bond donors (Lipinski definition) is 1. The SMILES string of the molecule is CC1(C)CN(c2cnn(C[C@@H]3CCCN3)c(=O)c2)CCO1. The van der Waals surface area contributed by atoms with E-state index in [1.54, 1.807) is 16.9 Å². The lowest BCUT2D eigenvalue weighted by Crippen LogP contribution is -2.48. The van der Waals surface area contributed by atoms with Crippen molar-refractivity contribution in [1.29, 1.82) is 0 Å². The predicted octanol–water partition coefficient (Wildman–Crippen LogP) is 0.611. The Morgan fingerprint density at radius 1 is 1.52 bits per heavy atom. The predicted molar refractivity (Wildman–Crippen MR) is 81.8 cm³/mol. The van der Waals surface area contributed by atoms with Gasteiger partial charge in [-0.25, -0.2) is 4.68 Å². The lowest BCUT2D eigenvalue weighted by Gasteiger charge is -2.39. The maximum atomic E-state index is 12.2. The first-order valence-corrected chi connectivity index (χ1v) is 7.73. The van der Waals surface area contributed by atoms with Crippen LogP contribution in [0.15, 0.2) is 17.1 Å². The van der Waals surface area contributed by atoms with Gasteiger partial charge >= 0.3 is 0 Å². The van der Waals surface area contributed by atoms with Gasteiger partial charge in [-0.2, -0.15) is 5.10 Å². The summed E-state index contributed by atoms with van der Waals surface area (Å²) in [5.41, 5.74) is 0.693. The third-order valence-electron chi connectivity index (χ3n) is 4.20. The van der Waals surface area contributed by atoms with Crippen molar-refractivity contribution in [2.75, 3.05) is 31.1 Å². The first-order valence-electron chi connectivity index (χ1n) is 7.73. The van der Waals surface area contributed by atoms with Crippen LogP contribution in [-0.4, -0.2) is 47.7 Å². The summed E-state index contributed by atoms with van der Waals surface area (Å²) >= 11 is 0. The molecule has 2 saturated heterocycles. The second-order valence-electron chi connectivity index (χ2n) is 6.56. The van der Waals surface area contributed by atoms with Crippen molar-refractivity contribution < 1.29 is 4.74 Å². The molecule has 1 N–H and O–H groups in total. The van der Waals surface area contributed by atoms with Crippen LogP contribution in [0.4, 0.5) is 5.69 Å². The average Bonchev–Trinajstić information content (AvgIpc) is 2.93. The highest BCUT2D eigenvalue weighted by molar-refractivity contribution is 5.43. The largest absolute Gasteiger partial charge is 0.372 e. The van der Waals surface area contributed by atoms with Gasteiger partial charge in [-0.3, -0.25) is 4.79 Å². The second kappa shape index (κ2) is 5.77. The molecule has 0 unspecified atom stereocenters. The van der Waals surface area contributed by atoms with Crippen LogP contribution in [0, 0.1) is 0 Å². The minimum atomic E-state index is -0.180. The summed E-state index contributed by atoms with van der Waals surface area (Å²) in [5.74, 6) is 0. The molecule has 0 aliphatic carbocycles.